The lowest BCUT2D eigenvalue weighted by molar-refractivity contribution is -0.169. The van der Waals surface area contributed by atoms with Crippen molar-refractivity contribution >= 4 is 5.97 Å². The van der Waals surface area contributed by atoms with E-state index in [0.29, 0.717) is 12.2 Å². The van der Waals surface area contributed by atoms with Gasteiger partial charge in [0.1, 0.15) is 24.1 Å². The lowest BCUT2D eigenvalue weighted by Gasteiger charge is -2.33. The highest BCUT2D eigenvalue weighted by molar-refractivity contribution is 5.75. The third kappa shape index (κ3) is 5.54. The van der Waals surface area contributed by atoms with Crippen LogP contribution in [0.25, 0.3) is 0 Å². The van der Waals surface area contributed by atoms with Crippen molar-refractivity contribution < 1.29 is 34.7 Å². The van der Waals surface area contributed by atoms with Crippen molar-refractivity contribution in [3.63, 3.8) is 0 Å². The van der Waals surface area contributed by atoms with Crippen molar-refractivity contribution in [3.8, 4) is 17.6 Å². The zero-order valence-electron chi connectivity index (χ0n) is 19.6. The van der Waals surface area contributed by atoms with Gasteiger partial charge < -0.3 is 29.9 Å². The number of aromatic nitrogens is 2. The van der Waals surface area contributed by atoms with Gasteiger partial charge in [-0.1, -0.05) is 25.7 Å². The third-order valence-corrected chi connectivity index (χ3v) is 5.84. The van der Waals surface area contributed by atoms with Gasteiger partial charge in [0.2, 0.25) is 0 Å². The summed E-state index contributed by atoms with van der Waals surface area (Å²) in [5.74, 6) is 5.69. The molecule has 9 heteroatoms. The van der Waals surface area contributed by atoms with Crippen LogP contribution in [0.1, 0.15) is 61.4 Å². The molecular weight excluding hydrogens is 440 g/mol. The summed E-state index contributed by atoms with van der Waals surface area (Å²) in [6, 6.07) is 4.04. The van der Waals surface area contributed by atoms with E-state index in [1.54, 1.807) is 0 Å². The van der Waals surface area contributed by atoms with Gasteiger partial charge in [-0.2, -0.15) is 0 Å². The monoisotopic (exact) mass is 470 g/mol. The summed E-state index contributed by atoms with van der Waals surface area (Å²) in [5.41, 5.74) is 3.42. The largest absolute Gasteiger partial charge is 0.493 e. The van der Waals surface area contributed by atoms with E-state index in [1.807, 2.05) is 19.1 Å². The van der Waals surface area contributed by atoms with Crippen LogP contribution < -0.4 is 4.74 Å². The minimum atomic E-state index is -2.02. The molecule has 0 fully saturated rings. The fraction of sp³-hybridized carbons (Fsp3) is 0.480. The zero-order chi connectivity index (χ0) is 25.0. The fourth-order valence-corrected chi connectivity index (χ4v) is 3.60. The predicted octanol–water partition coefficient (Wildman–Crippen LogP) is 0.924. The summed E-state index contributed by atoms with van der Waals surface area (Å²) in [5, 5.41) is 40.2. The van der Waals surface area contributed by atoms with Gasteiger partial charge in [0, 0.05) is 23.5 Å². The van der Waals surface area contributed by atoms with Crippen molar-refractivity contribution in [3.05, 3.63) is 52.6 Å². The predicted molar refractivity (Wildman–Crippen MR) is 122 cm³/mol. The maximum absolute atomic E-state index is 11.5. The molecule has 0 spiro atoms. The SMILES string of the molecule is CCOC(=O)C(O)C(O)C(O)C(O)c1ncc(C#Cc2cc3c(cc2C)OCCC3(C)C)cn1. The minimum Gasteiger partial charge on any atom is -0.493 e. The average molecular weight is 471 g/mol. The van der Waals surface area contributed by atoms with Crippen LogP contribution in [-0.2, 0) is 14.9 Å². The van der Waals surface area contributed by atoms with E-state index >= 15 is 0 Å². The Kier molecular flexibility index (Phi) is 7.89. The number of fused-ring (bicyclic) bond motifs is 1. The highest BCUT2D eigenvalue weighted by atomic mass is 16.5. The molecule has 0 bridgehead atoms. The van der Waals surface area contributed by atoms with Gasteiger partial charge in [-0.15, -0.1) is 0 Å². The topological polar surface area (TPSA) is 142 Å². The van der Waals surface area contributed by atoms with Crippen molar-refractivity contribution in [1.82, 2.24) is 9.97 Å². The Balaban J connectivity index is 1.75. The van der Waals surface area contributed by atoms with Gasteiger partial charge >= 0.3 is 5.97 Å². The van der Waals surface area contributed by atoms with E-state index < -0.39 is 30.4 Å². The van der Waals surface area contributed by atoms with Crippen molar-refractivity contribution in [2.24, 2.45) is 0 Å². The third-order valence-electron chi connectivity index (χ3n) is 5.84. The quantitative estimate of drug-likeness (QED) is 0.358. The van der Waals surface area contributed by atoms with Gasteiger partial charge in [-0.05, 0) is 43.4 Å². The number of ether oxygens (including phenoxy) is 2. The number of aliphatic hydroxyl groups excluding tert-OH is 4. The zero-order valence-corrected chi connectivity index (χ0v) is 19.6. The van der Waals surface area contributed by atoms with Crippen molar-refractivity contribution in [1.29, 1.82) is 0 Å². The molecule has 0 amide bonds. The van der Waals surface area contributed by atoms with Gasteiger partial charge in [-0.3, -0.25) is 0 Å². The average Bonchev–Trinajstić information content (AvgIpc) is 2.81. The molecule has 0 saturated carbocycles. The van der Waals surface area contributed by atoms with Crippen LogP contribution >= 0.6 is 0 Å². The number of benzene rings is 1. The minimum absolute atomic E-state index is 0.00906. The Morgan fingerprint density at radius 2 is 1.82 bits per heavy atom. The van der Waals surface area contributed by atoms with Crippen LogP contribution in [-0.4, -0.2) is 67.9 Å². The molecule has 4 unspecified atom stereocenters. The van der Waals surface area contributed by atoms with E-state index in [2.05, 4.69) is 40.4 Å². The molecule has 34 heavy (non-hydrogen) atoms. The fourth-order valence-electron chi connectivity index (χ4n) is 3.60. The number of esters is 1. The molecule has 0 radical (unpaired) electrons. The Labute approximate surface area is 198 Å². The van der Waals surface area contributed by atoms with E-state index in [0.717, 1.165) is 28.9 Å². The highest BCUT2D eigenvalue weighted by Gasteiger charge is 2.37. The standard InChI is InChI=1S/C25H30N2O7/c1-5-33-24(32)22(31)20(29)19(28)21(30)23-26-12-15(13-27-23)6-7-16-11-17-18(10-14(16)2)34-9-8-25(17,3)4/h10-13,19-22,28-31H,5,8-9H2,1-4H3. The summed E-state index contributed by atoms with van der Waals surface area (Å²) in [4.78, 5) is 19.5. The number of aliphatic hydroxyl groups is 4. The smallest absolute Gasteiger partial charge is 0.337 e. The molecule has 1 aromatic heterocycles. The van der Waals surface area contributed by atoms with E-state index in [1.165, 1.54) is 19.3 Å². The summed E-state index contributed by atoms with van der Waals surface area (Å²) in [7, 11) is 0. The van der Waals surface area contributed by atoms with Gasteiger partial charge in [-0.25, -0.2) is 14.8 Å². The molecule has 4 N–H and O–H groups in total. The normalized spacial score (nSPS) is 17.8. The number of nitrogens with zero attached hydrogens (tertiary/aromatic N) is 2. The van der Waals surface area contributed by atoms with Crippen LogP contribution in [0.4, 0.5) is 0 Å². The second kappa shape index (κ2) is 10.5. The van der Waals surface area contributed by atoms with Crippen molar-refractivity contribution in [2.75, 3.05) is 13.2 Å². The molecule has 182 valence electrons. The Morgan fingerprint density at radius 1 is 1.15 bits per heavy atom. The van der Waals surface area contributed by atoms with Crippen LogP contribution in [0.15, 0.2) is 24.5 Å². The Bertz CT molecular complexity index is 1090. The van der Waals surface area contributed by atoms with Crippen LogP contribution in [0, 0.1) is 18.8 Å². The molecule has 2 heterocycles. The van der Waals surface area contributed by atoms with Crippen LogP contribution in [0.5, 0.6) is 5.75 Å². The van der Waals surface area contributed by atoms with Gasteiger partial charge in [0.25, 0.3) is 0 Å². The summed E-state index contributed by atoms with van der Waals surface area (Å²) >= 11 is 0. The maximum atomic E-state index is 11.5. The van der Waals surface area contributed by atoms with E-state index in [9.17, 15) is 25.2 Å². The maximum Gasteiger partial charge on any atom is 0.337 e. The molecule has 0 aliphatic carbocycles. The molecule has 9 nitrogen and oxygen atoms in total. The molecule has 1 aromatic carbocycles. The summed E-state index contributed by atoms with van der Waals surface area (Å²) < 4.78 is 10.4. The second-order valence-electron chi connectivity index (χ2n) is 8.85. The second-order valence-corrected chi connectivity index (χ2v) is 8.85. The first kappa shape index (κ1) is 25.6. The molecule has 1 aliphatic rings. The molecule has 3 rings (SSSR count). The number of aryl methyl sites for hydroxylation is 1. The first-order chi connectivity index (χ1) is 16.0. The van der Waals surface area contributed by atoms with E-state index in [4.69, 9.17) is 4.74 Å². The number of hydrogen-bond donors (Lipinski definition) is 4. The molecule has 1 aliphatic heterocycles. The van der Waals surface area contributed by atoms with E-state index in [-0.39, 0.29) is 17.8 Å². The van der Waals surface area contributed by atoms with Crippen LogP contribution in [0.2, 0.25) is 0 Å². The summed E-state index contributed by atoms with van der Waals surface area (Å²) in [6.07, 6.45) is -4.00. The lowest BCUT2D eigenvalue weighted by atomic mass is 9.78. The van der Waals surface area contributed by atoms with Gasteiger partial charge in [0.05, 0.1) is 18.8 Å². The molecule has 2 aromatic rings. The number of hydrogen-bond acceptors (Lipinski definition) is 9. The first-order valence-electron chi connectivity index (χ1n) is 11.1. The Morgan fingerprint density at radius 3 is 2.47 bits per heavy atom. The Hall–Kier alpha value is -3.03. The van der Waals surface area contributed by atoms with Crippen molar-refractivity contribution in [2.45, 2.75) is 63.9 Å². The molecular formula is C25H30N2O7. The molecule has 4 atom stereocenters. The number of rotatable bonds is 6. The highest BCUT2D eigenvalue weighted by Crippen LogP contribution is 2.39. The summed E-state index contributed by atoms with van der Waals surface area (Å²) in [6.45, 7) is 8.52. The van der Waals surface area contributed by atoms with Gasteiger partial charge in [0.15, 0.2) is 11.9 Å². The number of carbonyl (C=O) groups excluding carboxylic acids is 1. The van der Waals surface area contributed by atoms with Crippen LogP contribution in [0.3, 0.4) is 0 Å². The first-order valence-corrected chi connectivity index (χ1v) is 11.1. The molecule has 0 saturated heterocycles. The number of carbonyl (C=O) groups is 1. The lowest BCUT2D eigenvalue weighted by Crippen LogP contribution is -2.45.